The summed E-state index contributed by atoms with van der Waals surface area (Å²) in [6, 6.07) is 6.98. The number of aliphatic hydroxyl groups excluding tert-OH is 1. The van der Waals surface area contributed by atoms with E-state index in [0.717, 1.165) is 71.3 Å². The number of piperazine rings is 1. The lowest BCUT2D eigenvalue weighted by Crippen LogP contribution is -2.49. The second-order valence-electron chi connectivity index (χ2n) is 12.6. The number of fused-ring (bicyclic) bond motifs is 1. The molecule has 1 fully saturated rings. The van der Waals surface area contributed by atoms with Gasteiger partial charge in [0.15, 0.2) is 12.1 Å². The van der Waals surface area contributed by atoms with Crippen molar-refractivity contribution in [1.82, 2.24) is 29.7 Å². The molecule has 1 unspecified atom stereocenters. The van der Waals surface area contributed by atoms with E-state index in [1.165, 1.54) is 0 Å². The largest absolute Gasteiger partial charge is 0.496 e. The molecule has 2 atom stereocenters. The van der Waals surface area contributed by atoms with Gasteiger partial charge < -0.3 is 51.6 Å². The number of hydrogen-bond donors (Lipinski definition) is 7. The molecule has 17 heteroatoms. The summed E-state index contributed by atoms with van der Waals surface area (Å²) in [4.78, 5) is 49.4. The Hall–Kier alpha value is -4.16. The maximum Gasteiger partial charge on any atom is 0.321 e. The fraction of sp³-hybridized carbons (Fsp3) is 0.559. The van der Waals surface area contributed by atoms with Crippen LogP contribution in [0.3, 0.4) is 0 Å². The minimum atomic E-state index is -1.75. The lowest BCUT2D eigenvalue weighted by molar-refractivity contribution is -0.138. The zero-order valence-electron chi connectivity index (χ0n) is 29.3. The normalized spacial score (nSPS) is 14.8. The van der Waals surface area contributed by atoms with Crippen molar-refractivity contribution in [3.05, 3.63) is 41.6 Å². The van der Waals surface area contributed by atoms with Gasteiger partial charge in [0, 0.05) is 76.2 Å². The van der Waals surface area contributed by atoms with E-state index in [1.54, 1.807) is 12.0 Å². The van der Waals surface area contributed by atoms with Gasteiger partial charge in [0.2, 0.25) is 17.8 Å². The highest BCUT2D eigenvalue weighted by atomic mass is 32.2. The maximum absolute atomic E-state index is 12.9. The summed E-state index contributed by atoms with van der Waals surface area (Å²) in [5.41, 5.74) is 15.3. The van der Waals surface area contributed by atoms with Gasteiger partial charge in [0.25, 0.3) is 0 Å². The Kier molecular flexibility index (Phi) is 15.1. The Labute approximate surface area is 301 Å². The van der Waals surface area contributed by atoms with Crippen LogP contribution < -0.4 is 26.8 Å². The monoisotopic (exact) mass is 729 g/mol. The van der Waals surface area contributed by atoms with Crippen molar-refractivity contribution < 1.29 is 34.4 Å². The molecule has 16 nitrogen and oxygen atoms in total. The number of unbranched alkanes of at least 4 members (excludes halogenated alkanes) is 2. The molecule has 1 aromatic carbocycles. The third kappa shape index (κ3) is 11.7. The van der Waals surface area contributed by atoms with Gasteiger partial charge in [-0.2, -0.15) is 4.98 Å². The van der Waals surface area contributed by atoms with Crippen LogP contribution in [0, 0.1) is 0 Å². The summed E-state index contributed by atoms with van der Waals surface area (Å²) in [5, 5.41) is 32.8. The van der Waals surface area contributed by atoms with Gasteiger partial charge in [-0.3, -0.25) is 19.3 Å². The second-order valence-corrected chi connectivity index (χ2v) is 13.8. The van der Waals surface area contributed by atoms with Crippen molar-refractivity contribution in [2.24, 2.45) is 5.73 Å². The number of nitrogens with two attached hydrogens (primary N) is 2. The number of carboxylic acids is 1. The molecule has 0 radical (unpaired) electrons. The molecule has 1 aliphatic heterocycles. The summed E-state index contributed by atoms with van der Waals surface area (Å²) >= 11 is 0.932. The first kappa shape index (κ1) is 39.6. The highest BCUT2D eigenvalue weighted by molar-refractivity contribution is 8.00. The minimum absolute atomic E-state index is 0.0737. The predicted molar refractivity (Wildman–Crippen MR) is 196 cm³/mol. The van der Waals surface area contributed by atoms with Crippen LogP contribution in [-0.4, -0.2) is 127 Å². The molecular weight excluding hydrogens is 678 g/mol. The van der Waals surface area contributed by atoms with Crippen LogP contribution in [0.5, 0.6) is 5.75 Å². The van der Waals surface area contributed by atoms with Gasteiger partial charge in [-0.25, -0.2) is 4.98 Å². The van der Waals surface area contributed by atoms with Gasteiger partial charge in [-0.05, 0) is 24.1 Å². The van der Waals surface area contributed by atoms with Crippen molar-refractivity contribution in [3.63, 3.8) is 0 Å². The SMILES string of the molecule is CCCCCNc1nc(N)nc2ccn(Cc3ccc(CN4CCN(C(=O)CCNC(=O)C(CC(O)O)SC[C@H](N)C(=O)O)CC4)cc3OC)c12. The molecule has 280 valence electrons. The number of carbonyl (C=O) groups excluding carboxylic acids is 2. The number of rotatable bonds is 20. The van der Waals surface area contributed by atoms with E-state index in [9.17, 15) is 24.6 Å². The maximum atomic E-state index is 12.9. The van der Waals surface area contributed by atoms with Crippen molar-refractivity contribution in [2.45, 2.75) is 69.7 Å². The van der Waals surface area contributed by atoms with Crippen LogP contribution in [-0.2, 0) is 27.5 Å². The lowest BCUT2D eigenvalue weighted by atomic mass is 10.1. The average molecular weight is 730 g/mol. The first-order valence-corrected chi connectivity index (χ1v) is 18.3. The van der Waals surface area contributed by atoms with Crippen molar-refractivity contribution in [3.8, 4) is 5.75 Å². The quantitative estimate of drug-likeness (QED) is 0.0636. The van der Waals surface area contributed by atoms with Crippen LogP contribution in [0.1, 0.15) is 50.2 Å². The number of aromatic nitrogens is 3. The zero-order chi connectivity index (χ0) is 36.9. The molecule has 3 heterocycles. The molecule has 0 aliphatic carbocycles. The molecule has 51 heavy (non-hydrogen) atoms. The number of carboxylic acid groups (broad SMARTS) is 1. The Bertz CT molecular complexity index is 1610. The number of thioether (sulfide) groups is 1. The van der Waals surface area contributed by atoms with Crippen LogP contribution in [0.2, 0.25) is 0 Å². The third-order valence-corrected chi connectivity index (χ3v) is 10.0. The number of nitrogen functional groups attached to an aromatic ring is 1. The van der Waals surface area contributed by atoms with E-state index in [-0.39, 0.29) is 37.0 Å². The van der Waals surface area contributed by atoms with Crippen LogP contribution in [0.15, 0.2) is 30.5 Å². The average Bonchev–Trinajstić information content (AvgIpc) is 3.50. The first-order valence-electron chi connectivity index (χ1n) is 17.2. The van der Waals surface area contributed by atoms with Crippen molar-refractivity contribution in [2.75, 3.05) is 63.2 Å². The summed E-state index contributed by atoms with van der Waals surface area (Å²) in [6.07, 6.45) is 3.34. The number of aliphatic carboxylic acids is 1. The van der Waals surface area contributed by atoms with Gasteiger partial charge in [-0.15, -0.1) is 11.8 Å². The fourth-order valence-electron chi connectivity index (χ4n) is 5.87. The number of amides is 2. The van der Waals surface area contributed by atoms with Crippen LogP contribution >= 0.6 is 11.8 Å². The highest BCUT2D eigenvalue weighted by Crippen LogP contribution is 2.28. The first-order chi connectivity index (χ1) is 24.5. The summed E-state index contributed by atoms with van der Waals surface area (Å²) in [6.45, 7) is 6.77. The van der Waals surface area contributed by atoms with Gasteiger partial charge in [0.05, 0.1) is 24.4 Å². The summed E-state index contributed by atoms with van der Waals surface area (Å²) in [7, 11) is 1.66. The molecule has 0 spiro atoms. The minimum Gasteiger partial charge on any atom is -0.496 e. The summed E-state index contributed by atoms with van der Waals surface area (Å²) in [5.74, 6) is -0.157. The molecular formula is C34H51N9O7S. The van der Waals surface area contributed by atoms with Crippen molar-refractivity contribution >= 4 is 52.3 Å². The number of methoxy groups -OCH3 is 1. The van der Waals surface area contributed by atoms with E-state index >= 15 is 0 Å². The predicted octanol–water partition coefficient (Wildman–Crippen LogP) is 1.04. The molecule has 0 saturated carbocycles. The number of benzene rings is 1. The highest BCUT2D eigenvalue weighted by Gasteiger charge is 2.26. The number of nitrogens with one attached hydrogen (secondary N) is 2. The molecule has 1 saturated heterocycles. The van der Waals surface area contributed by atoms with E-state index in [1.807, 2.05) is 12.3 Å². The molecule has 9 N–H and O–H groups in total. The van der Waals surface area contributed by atoms with Crippen LogP contribution in [0.25, 0.3) is 11.0 Å². The Morgan fingerprint density at radius 2 is 1.82 bits per heavy atom. The molecule has 1 aliphatic rings. The topological polar surface area (TPSA) is 234 Å². The number of anilines is 2. The number of hydrogen-bond acceptors (Lipinski definition) is 13. The van der Waals surface area contributed by atoms with E-state index in [2.05, 4.69) is 55.2 Å². The smallest absolute Gasteiger partial charge is 0.321 e. The van der Waals surface area contributed by atoms with Gasteiger partial charge >= 0.3 is 5.97 Å². The number of ether oxygens (including phenoxy) is 1. The van der Waals surface area contributed by atoms with E-state index in [4.69, 9.17) is 21.3 Å². The number of aliphatic hydroxyl groups is 2. The number of carbonyl (C=O) groups is 3. The van der Waals surface area contributed by atoms with Gasteiger partial charge in [0.1, 0.15) is 17.3 Å². The van der Waals surface area contributed by atoms with E-state index in [0.29, 0.717) is 39.3 Å². The summed E-state index contributed by atoms with van der Waals surface area (Å²) < 4.78 is 7.91. The zero-order valence-corrected chi connectivity index (χ0v) is 30.1. The standard InChI is InChI=1S/C34H51N9O7S/c1-3-4-5-10-37-31-30-25(39-34(36)40-31)9-12-43(30)20-23-7-6-22(17-26(23)50-2)19-41-13-15-42(16-14-41)28(44)8-11-38-32(47)27(18-29(45)46)51-21-24(35)33(48)49/h6-7,9,12,17,24,27,29,45-46H,3-5,8,10-11,13-16,18-21,35H2,1-2H3,(H,38,47)(H,48,49)(H3,36,37,39,40)/t24-,27?/m0/s1. The van der Waals surface area contributed by atoms with Crippen LogP contribution in [0.4, 0.5) is 11.8 Å². The fourth-order valence-corrected chi connectivity index (χ4v) is 7.00. The second kappa shape index (κ2) is 19.4. The third-order valence-electron chi connectivity index (χ3n) is 8.67. The Morgan fingerprint density at radius 1 is 1.06 bits per heavy atom. The Balaban J connectivity index is 1.27. The number of nitrogens with zero attached hydrogens (tertiary/aromatic N) is 5. The molecule has 4 rings (SSSR count). The molecule has 3 aromatic rings. The molecule has 2 aromatic heterocycles. The lowest BCUT2D eigenvalue weighted by Gasteiger charge is -2.35. The Morgan fingerprint density at radius 3 is 2.51 bits per heavy atom. The van der Waals surface area contributed by atoms with E-state index < -0.39 is 29.5 Å². The van der Waals surface area contributed by atoms with Gasteiger partial charge in [-0.1, -0.05) is 31.9 Å². The van der Waals surface area contributed by atoms with Crippen molar-refractivity contribution in [1.29, 1.82) is 0 Å². The molecule has 2 amide bonds. The molecule has 0 bridgehead atoms.